The second-order valence-corrected chi connectivity index (χ2v) is 6.47. The molecule has 2 aromatic rings. The van der Waals surface area contributed by atoms with Crippen molar-refractivity contribution in [1.82, 2.24) is 9.71 Å². The van der Waals surface area contributed by atoms with E-state index < -0.39 is 0 Å². The van der Waals surface area contributed by atoms with Crippen molar-refractivity contribution in [3.63, 3.8) is 0 Å². The van der Waals surface area contributed by atoms with Crippen LogP contribution in [-0.4, -0.2) is 10.5 Å². The zero-order valence-electron chi connectivity index (χ0n) is 9.78. The standard InChI is InChI=1S/C12H16N2S2/c1-4-12(2,3)14-16-11-13-9-7-5-6-8-10(9)15-11/h5-8,14H,4H2,1-3H3. The number of fused-ring (bicyclic) bond motifs is 1. The minimum absolute atomic E-state index is 0.155. The molecule has 0 saturated heterocycles. The van der Waals surface area contributed by atoms with E-state index in [-0.39, 0.29) is 5.54 Å². The van der Waals surface area contributed by atoms with Gasteiger partial charge in [0.25, 0.3) is 0 Å². The summed E-state index contributed by atoms with van der Waals surface area (Å²) in [7, 11) is 0. The third kappa shape index (κ3) is 2.75. The zero-order valence-corrected chi connectivity index (χ0v) is 11.4. The van der Waals surface area contributed by atoms with Gasteiger partial charge in [-0.1, -0.05) is 19.1 Å². The van der Waals surface area contributed by atoms with Gasteiger partial charge in [-0.3, -0.25) is 4.72 Å². The molecule has 1 N–H and O–H groups in total. The molecule has 1 aromatic carbocycles. The minimum atomic E-state index is 0.155. The smallest absolute Gasteiger partial charge is 0.166 e. The van der Waals surface area contributed by atoms with Crippen LogP contribution in [0.5, 0.6) is 0 Å². The number of hydrogen-bond acceptors (Lipinski definition) is 4. The van der Waals surface area contributed by atoms with Gasteiger partial charge in [-0.05, 0) is 44.3 Å². The van der Waals surface area contributed by atoms with Gasteiger partial charge in [0.05, 0.1) is 10.2 Å². The van der Waals surface area contributed by atoms with Gasteiger partial charge in [-0.25, -0.2) is 4.98 Å². The molecule has 2 rings (SSSR count). The van der Waals surface area contributed by atoms with E-state index in [4.69, 9.17) is 0 Å². The lowest BCUT2D eigenvalue weighted by Crippen LogP contribution is -2.33. The normalized spacial score (nSPS) is 12.2. The summed E-state index contributed by atoms with van der Waals surface area (Å²) in [6.45, 7) is 6.59. The maximum atomic E-state index is 4.57. The molecule has 0 saturated carbocycles. The number of rotatable bonds is 4. The highest BCUT2D eigenvalue weighted by molar-refractivity contribution is 7.99. The summed E-state index contributed by atoms with van der Waals surface area (Å²) >= 11 is 3.37. The molecule has 4 heteroatoms. The molecule has 1 aromatic heterocycles. The summed E-state index contributed by atoms with van der Waals surface area (Å²) in [6, 6.07) is 8.25. The van der Waals surface area contributed by atoms with E-state index in [1.54, 1.807) is 23.3 Å². The van der Waals surface area contributed by atoms with Crippen molar-refractivity contribution in [3.8, 4) is 0 Å². The number of thiazole rings is 1. The predicted molar refractivity (Wildman–Crippen MR) is 73.0 cm³/mol. The molecule has 0 bridgehead atoms. The van der Waals surface area contributed by atoms with E-state index in [1.807, 2.05) is 6.07 Å². The first kappa shape index (κ1) is 11.9. The summed E-state index contributed by atoms with van der Waals surface area (Å²) in [5.74, 6) is 0. The second kappa shape index (κ2) is 4.73. The van der Waals surface area contributed by atoms with Crippen molar-refractivity contribution in [3.05, 3.63) is 24.3 Å². The molecule has 86 valence electrons. The molecule has 0 aliphatic heterocycles. The Balaban J connectivity index is 2.10. The van der Waals surface area contributed by atoms with E-state index >= 15 is 0 Å². The number of hydrogen-bond donors (Lipinski definition) is 1. The summed E-state index contributed by atoms with van der Waals surface area (Å²) in [5.41, 5.74) is 1.24. The van der Waals surface area contributed by atoms with Crippen LogP contribution in [0, 0.1) is 0 Å². The molecule has 0 aliphatic carbocycles. The fraction of sp³-hybridized carbons (Fsp3) is 0.417. The first-order valence-corrected chi connectivity index (χ1v) is 7.03. The van der Waals surface area contributed by atoms with Crippen LogP contribution in [-0.2, 0) is 0 Å². The van der Waals surface area contributed by atoms with Gasteiger partial charge in [-0.2, -0.15) is 0 Å². The quantitative estimate of drug-likeness (QED) is 0.830. The summed E-state index contributed by atoms with van der Waals surface area (Å²) in [4.78, 5) is 4.57. The minimum Gasteiger partial charge on any atom is -0.252 e. The molecule has 16 heavy (non-hydrogen) atoms. The number of benzene rings is 1. The van der Waals surface area contributed by atoms with Gasteiger partial charge >= 0.3 is 0 Å². The van der Waals surface area contributed by atoms with Crippen molar-refractivity contribution in [2.45, 2.75) is 37.1 Å². The van der Waals surface area contributed by atoms with Crippen LogP contribution in [0.3, 0.4) is 0 Å². The Morgan fingerprint density at radius 2 is 2.12 bits per heavy atom. The Kier molecular flexibility index (Phi) is 3.52. The first-order valence-electron chi connectivity index (χ1n) is 5.40. The SMILES string of the molecule is CCC(C)(C)NSc1nc2ccccc2s1. The molecule has 0 unspecified atom stereocenters. The van der Waals surface area contributed by atoms with Crippen molar-refractivity contribution in [2.75, 3.05) is 0 Å². The molecular weight excluding hydrogens is 236 g/mol. The number of aromatic nitrogens is 1. The number of nitrogens with one attached hydrogen (secondary N) is 1. The predicted octanol–water partition coefficient (Wildman–Crippen LogP) is 4.08. The fourth-order valence-corrected chi connectivity index (χ4v) is 3.06. The van der Waals surface area contributed by atoms with E-state index in [0.29, 0.717) is 0 Å². The Hall–Kier alpha value is -0.580. The zero-order chi connectivity index (χ0) is 11.6. The molecule has 1 heterocycles. The van der Waals surface area contributed by atoms with Gasteiger partial charge in [0.1, 0.15) is 0 Å². The van der Waals surface area contributed by atoms with Crippen LogP contribution >= 0.6 is 23.3 Å². The van der Waals surface area contributed by atoms with Gasteiger partial charge in [0.15, 0.2) is 4.34 Å². The monoisotopic (exact) mass is 252 g/mol. The van der Waals surface area contributed by atoms with Crippen molar-refractivity contribution in [2.24, 2.45) is 0 Å². The van der Waals surface area contributed by atoms with Gasteiger partial charge in [0.2, 0.25) is 0 Å². The Labute approximate surface area is 105 Å². The maximum absolute atomic E-state index is 4.57. The van der Waals surface area contributed by atoms with E-state index in [0.717, 1.165) is 16.3 Å². The van der Waals surface area contributed by atoms with Gasteiger partial charge in [-0.15, -0.1) is 11.3 Å². The molecule has 0 atom stereocenters. The number of nitrogens with zero attached hydrogens (tertiary/aromatic N) is 1. The summed E-state index contributed by atoms with van der Waals surface area (Å²) in [6.07, 6.45) is 1.10. The first-order chi connectivity index (χ1) is 7.61. The highest BCUT2D eigenvalue weighted by Crippen LogP contribution is 2.29. The molecule has 0 spiro atoms. The Morgan fingerprint density at radius 3 is 2.81 bits per heavy atom. The van der Waals surface area contributed by atoms with Crippen molar-refractivity contribution in [1.29, 1.82) is 0 Å². The topological polar surface area (TPSA) is 24.9 Å². The largest absolute Gasteiger partial charge is 0.252 e. The van der Waals surface area contributed by atoms with Crippen LogP contribution in [0.15, 0.2) is 28.6 Å². The number of para-hydroxylation sites is 1. The highest BCUT2D eigenvalue weighted by atomic mass is 32.2. The van der Waals surface area contributed by atoms with Crippen LogP contribution in [0.4, 0.5) is 0 Å². The van der Waals surface area contributed by atoms with E-state index in [9.17, 15) is 0 Å². The summed E-state index contributed by atoms with van der Waals surface area (Å²) < 4.78 is 5.79. The van der Waals surface area contributed by atoms with Crippen LogP contribution in [0.2, 0.25) is 0 Å². The fourth-order valence-electron chi connectivity index (χ4n) is 1.15. The van der Waals surface area contributed by atoms with Crippen molar-refractivity contribution >= 4 is 33.5 Å². The lowest BCUT2D eigenvalue weighted by Gasteiger charge is -2.22. The van der Waals surface area contributed by atoms with Crippen LogP contribution in [0.25, 0.3) is 10.2 Å². The second-order valence-electron chi connectivity index (χ2n) is 4.39. The molecular formula is C12H16N2S2. The van der Waals surface area contributed by atoms with Crippen molar-refractivity contribution < 1.29 is 0 Å². The van der Waals surface area contributed by atoms with E-state index in [2.05, 4.69) is 48.7 Å². The lowest BCUT2D eigenvalue weighted by atomic mass is 10.0. The van der Waals surface area contributed by atoms with Crippen LogP contribution < -0.4 is 4.72 Å². The molecule has 0 radical (unpaired) electrons. The van der Waals surface area contributed by atoms with E-state index in [1.165, 1.54) is 4.70 Å². The average molecular weight is 252 g/mol. The van der Waals surface area contributed by atoms with Gasteiger partial charge in [0, 0.05) is 5.54 Å². The Bertz CT molecular complexity index is 444. The molecule has 0 amide bonds. The third-order valence-electron chi connectivity index (χ3n) is 2.57. The lowest BCUT2D eigenvalue weighted by molar-refractivity contribution is 0.464. The molecule has 2 nitrogen and oxygen atoms in total. The molecule has 0 fully saturated rings. The maximum Gasteiger partial charge on any atom is 0.166 e. The summed E-state index contributed by atoms with van der Waals surface area (Å²) in [5, 5.41) is 0. The van der Waals surface area contributed by atoms with Crippen LogP contribution in [0.1, 0.15) is 27.2 Å². The van der Waals surface area contributed by atoms with Gasteiger partial charge < -0.3 is 0 Å². The average Bonchev–Trinajstić information content (AvgIpc) is 2.69. The molecule has 0 aliphatic rings. The highest BCUT2D eigenvalue weighted by Gasteiger charge is 2.15. The third-order valence-corrected chi connectivity index (χ3v) is 4.82. The Morgan fingerprint density at radius 1 is 1.38 bits per heavy atom.